The third-order valence-electron chi connectivity index (χ3n) is 3.34. The van der Waals surface area contributed by atoms with Gasteiger partial charge in [-0.3, -0.25) is 4.79 Å². The standard InChI is InChI=1S/C18H13NO3S/c20-17(16-7-4-10-23-16)19-15-11-13(18(21)22)8-9-14(15)12-5-2-1-3-6-12/h1-11H,(H,19,20)(H,21,22). The molecule has 2 aromatic carbocycles. The molecule has 0 radical (unpaired) electrons. The van der Waals surface area contributed by atoms with Crippen LogP contribution >= 0.6 is 11.3 Å². The minimum atomic E-state index is -1.03. The van der Waals surface area contributed by atoms with Gasteiger partial charge in [0.1, 0.15) is 0 Å². The highest BCUT2D eigenvalue weighted by atomic mass is 32.1. The Morgan fingerprint density at radius 3 is 2.39 bits per heavy atom. The Bertz CT molecular complexity index is 842. The van der Waals surface area contributed by atoms with Crippen molar-refractivity contribution < 1.29 is 14.7 Å². The molecule has 1 heterocycles. The number of hydrogen-bond donors (Lipinski definition) is 2. The van der Waals surface area contributed by atoms with Crippen LogP contribution < -0.4 is 5.32 Å². The van der Waals surface area contributed by atoms with Gasteiger partial charge in [0.15, 0.2) is 0 Å². The maximum absolute atomic E-state index is 12.3. The molecule has 0 spiro atoms. The Labute approximate surface area is 137 Å². The number of amides is 1. The summed E-state index contributed by atoms with van der Waals surface area (Å²) in [4.78, 5) is 24.1. The fourth-order valence-electron chi connectivity index (χ4n) is 2.24. The van der Waals surface area contributed by atoms with Crippen molar-refractivity contribution in [2.75, 3.05) is 5.32 Å². The van der Waals surface area contributed by atoms with E-state index in [1.807, 2.05) is 35.7 Å². The lowest BCUT2D eigenvalue weighted by molar-refractivity contribution is 0.0696. The maximum Gasteiger partial charge on any atom is 0.335 e. The number of thiophene rings is 1. The summed E-state index contributed by atoms with van der Waals surface area (Å²) in [7, 11) is 0. The second kappa shape index (κ2) is 6.46. The first-order valence-corrected chi connectivity index (χ1v) is 7.81. The van der Waals surface area contributed by atoms with Gasteiger partial charge in [0.25, 0.3) is 5.91 Å². The molecule has 5 heteroatoms. The van der Waals surface area contributed by atoms with Gasteiger partial charge in [0.05, 0.1) is 10.4 Å². The minimum Gasteiger partial charge on any atom is -0.478 e. The molecule has 4 nitrogen and oxygen atoms in total. The third-order valence-corrected chi connectivity index (χ3v) is 4.21. The summed E-state index contributed by atoms with van der Waals surface area (Å²) in [5.41, 5.74) is 2.30. The monoisotopic (exact) mass is 323 g/mol. The summed E-state index contributed by atoms with van der Waals surface area (Å²) in [5.74, 6) is -1.28. The zero-order valence-electron chi connectivity index (χ0n) is 12.0. The molecular weight excluding hydrogens is 310 g/mol. The van der Waals surface area contributed by atoms with E-state index in [1.54, 1.807) is 18.2 Å². The summed E-state index contributed by atoms with van der Waals surface area (Å²) in [6.45, 7) is 0. The van der Waals surface area contributed by atoms with E-state index < -0.39 is 5.97 Å². The van der Waals surface area contributed by atoms with Crippen molar-refractivity contribution in [2.45, 2.75) is 0 Å². The zero-order chi connectivity index (χ0) is 16.2. The van der Waals surface area contributed by atoms with Gasteiger partial charge in [0, 0.05) is 11.3 Å². The number of nitrogens with one attached hydrogen (secondary N) is 1. The van der Waals surface area contributed by atoms with E-state index in [9.17, 15) is 14.7 Å². The topological polar surface area (TPSA) is 66.4 Å². The van der Waals surface area contributed by atoms with Crippen LogP contribution in [0, 0.1) is 0 Å². The van der Waals surface area contributed by atoms with E-state index in [0.717, 1.165) is 11.1 Å². The molecule has 1 aromatic heterocycles. The molecule has 0 bridgehead atoms. The molecule has 0 aliphatic rings. The largest absolute Gasteiger partial charge is 0.478 e. The van der Waals surface area contributed by atoms with E-state index in [0.29, 0.717) is 10.6 Å². The predicted octanol–water partition coefficient (Wildman–Crippen LogP) is 4.37. The number of carboxylic acids is 1. The molecule has 23 heavy (non-hydrogen) atoms. The SMILES string of the molecule is O=C(O)c1ccc(-c2ccccc2)c(NC(=O)c2cccs2)c1. The van der Waals surface area contributed by atoms with Crippen LogP contribution in [0.15, 0.2) is 66.0 Å². The highest BCUT2D eigenvalue weighted by Crippen LogP contribution is 2.29. The molecule has 0 saturated heterocycles. The predicted molar refractivity (Wildman–Crippen MR) is 91.1 cm³/mol. The van der Waals surface area contributed by atoms with E-state index in [2.05, 4.69) is 5.32 Å². The zero-order valence-corrected chi connectivity index (χ0v) is 12.8. The second-order valence-electron chi connectivity index (χ2n) is 4.86. The number of rotatable bonds is 4. The number of carbonyl (C=O) groups excluding carboxylic acids is 1. The van der Waals surface area contributed by atoms with E-state index in [1.165, 1.54) is 23.5 Å². The molecular formula is C18H13NO3S. The lowest BCUT2D eigenvalue weighted by atomic mass is 10.0. The van der Waals surface area contributed by atoms with E-state index in [4.69, 9.17) is 0 Å². The normalized spacial score (nSPS) is 10.3. The van der Waals surface area contributed by atoms with Crippen molar-refractivity contribution in [3.05, 3.63) is 76.5 Å². The van der Waals surface area contributed by atoms with Crippen LogP contribution in [0.3, 0.4) is 0 Å². The molecule has 0 atom stereocenters. The van der Waals surface area contributed by atoms with Crippen molar-refractivity contribution in [3.8, 4) is 11.1 Å². The van der Waals surface area contributed by atoms with Crippen LogP contribution in [0.2, 0.25) is 0 Å². The first kappa shape index (κ1) is 15.0. The quantitative estimate of drug-likeness (QED) is 0.749. The van der Waals surface area contributed by atoms with Crippen LogP contribution in [-0.4, -0.2) is 17.0 Å². The third kappa shape index (κ3) is 3.30. The molecule has 0 fully saturated rings. The van der Waals surface area contributed by atoms with Gasteiger partial charge in [-0.1, -0.05) is 42.5 Å². The smallest absolute Gasteiger partial charge is 0.335 e. The van der Waals surface area contributed by atoms with Crippen LogP contribution in [0.5, 0.6) is 0 Å². The van der Waals surface area contributed by atoms with Gasteiger partial charge >= 0.3 is 5.97 Å². The summed E-state index contributed by atoms with van der Waals surface area (Å²) >= 11 is 1.33. The molecule has 3 aromatic rings. The van der Waals surface area contributed by atoms with Gasteiger partial charge < -0.3 is 10.4 Å². The van der Waals surface area contributed by atoms with Crippen LogP contribution in [0.1, 0.15) is 20.0 Å². The molecule has 0 aliphatic heterocycles. The fourth-order valence-corrected chi connectivity index (χ4v) is 2.86. The van der Waals surface area contributed by atoms with Crippen molar-refractivity contribution >= 4 is 28.9 Å². The molecule has 0 saturated carbocycles. The van der Waals surface area contributed by atoms with Gasteiger partial charge in [-0.05, 0) is 29.1 Å². The van der Waals surface area contributed by atoms with Crippen molar-refractivity contribution in [2.24, 2.45) is 0 Å². The van der Waals surface area contributed by atoms with Crippen molar-refractivity contribution in [3.63, 3.8) is 0 Å². The summed E-state index contributed by atoms with van der Waals surface area (Å²) in [6.07, 6.45) is 0. The van der Waals surface area contributed by atoms with Gasteiger partial charge in [0.2, 0.25) is 0 Å². The van der Waals surface area contributed by atoms with Gasteiger partial charge in [-0.15, -0.1) is 11.3 Å². The molecule has 1 amide bonds. The fraction of sp³-hybridized carbons (Fsp3) is 0. The molecule has 2 N–H and O–H groups in total. The summed E-state index contributed by atoms with van der Waals surface area (Å²) in [5, 5.41) is 13.8. The van der Waals surface area contributed by atoms with Crippen LogP contribution in [0.25, 0.3) is 11.1 Å². The Morgan fingerprint density at radius 1 is 0.957 bits per heavy atom. The lowest BCUT2D eigenvalue weighted by Crippen LogP contribution is -2.12. The molecule has 3 rings (SSSR count). The minimum absolute atomic E-state index is 0.131. The number of carbonyl (C=O) groups is 2. The number of carboxylic acid groups (broad SMARTS) is 1. The molecule has 0 aliphatic carbocycles. The van der Waals surface area contributed by atoms with E-state index >= 15 is 0 Å². The number of aromatic carboxylic acids is 1. The summed E-state index contributed by atoms with van der Waals surface area (Å²) in [6, 6.07) is 17.8. The Hall–Kier alpha value is -2.92. The molecule has 114 valence electrons. The molecule has 0 unspecified atom stereocenters. The Balaban J connectivity index is 2.03. The number of anilines is 1. The average molecular weight is 323 g/mol. The first-order chi connectivity index (χ1) is 11.1. The Kier molecular flexibility index (Phi) is 4.21. The summed E-state index contributed by atoms with van der Waals surface area (Å²) < 4.78 is 0. The maximum atomic E-state index is 12.3. The number of benzene rings is 2. The van der Waals surface area contributed by atoms with Crippen LogP contribution in [-0.2, 0) is 0 Å². The Morgan fingerprint density at radius 2 is 1.74 bits per heavy atom. The van der Waals surface area contributed by atoms with Gasteiger partial charge in [-0.2, -0.15) is 0 Å². The first-order valence-electron chi connectivity index (χ1n) is 6.93. The van der Waals surface area contributed by atoms with Crippen LogP contribution in [0.4, 0.5) is 5.69 Å². The number of hydrogen-bond acceptors (Lipinski definition) is 3. The second-order valence-corrected chi connectivity index (χ2v) is 5.81. The van der Waals surface area contributed by atoms with Crippen molar-refractivity contribution in [1.82, 2.24) is 0 Å². The highest BCUT2D eigenvalue weighted by Gasteiger charge is 2.14. The van der Waals surface area contributed by atoms with Gasteiger partial charge in [-0.25, -0.2) is 4.79 Å². The lowest BCUT2D eigenvalue weighted by Gasteiger charge is -2.12. The van der Waals surface area contributed by atoms with Crippen molar-refractivity contribution in [1.29, 1.82) is 0 Å². The van der Waals surface area contributed by atoms with E-state index in [-0.39, 0.29) is 11.5 Å². The average Bonchev–Trinajstić information content (AvgIpc) is 3.10. The highest BCUT2D eigenvalue weighted by molar-refractivity contribution is 7.12.